The van der Waals surface area contributed by atoms with Gasteiger partial charge in [0.2, 0.25) is 0 Å². The van der Waals surface area contributed by atoms with Crippen LogP contribution in [0.15, 0.2) is 30.3 Å². The molecule has 1 amide bonds. The van der Waals surface area contributed by atoms with Crippen molar-refractivity contribution in [1.82, 2.24) is 4.90 Å². The first-order chi connectivity index (χ1) is 8.77. The Kier molecular flexibility index (Phi) is 4.33. The molecule has 0 spiro atoms. The summed E-state index contributed by atoms with van der Waals surface area (Å²) in [6.07, 6.45) is 2.33. The molecule has 4 nitrogen and oxygen atoms in total. The van der Waals surface area contributed by atoms with Gasteiger partial charge in [0.1, 0.15) is 12.5 Å². The van der Waals surface area contributed by atoms with Crippen LogP contribution in [0.1, 0.15) is 29.6 Å². The lowest BCUT2D eigenvalue weighted by molar-refractivity contribution is -0.133. The molecule has 4 heteroatoms. The summed E-state index contributed by atoms with van der Waals surface area (Å²) in [4.78, 5) is 14.2. The number of hydrogen-bond acceptors (Lipinski definition) is 3. The van der Waals surface area contributed by atoms with E-state index in [1.807, 2.05) is 30.3 Å². The van der Waals surface area contributed by atoms with Crippen LogP contribution < -0.4 is 0 Å². The molecule has 1 aromatic carbocycles. The number of piperidine rings is 1. The fourth-order valence-corrected chi connectivity index (χ4v) is 2.38. The van der Waals surface area contributed by atoms with Crippen LogP contribution in [0.25, 0.3) is 0 Å². The van der Waals surface area contributed by atoms with E-state index in [0.717, 1.165) is 19.3 Å². The van der Waals surface area contributed by atoms with Crippen molar-refractivity contribution in [3.05, 3.63) is 35.9 Å². The Morgan fingerprint density at radius 2 is 1.67 bits per heavy atom. The van der Waals surface area contributed by atoms with Gasteiger partial charge in [-0.3, -0.25) is 9.69 Å². The third kappa shape index (κ3) is 2.54. The number of likely N-dealkylation sites (tertiary alicyclic amines) is 1. The molecule has 0 aromatic heterocycles. The SMILES string of the molecule is COC1CCCC(OC)N1C(=O)c1ccccc1. The highest BCUT2D eigenvalue weighted by molar-refractivity contribution is 5.94. The van der Waals surface area contributed by atoms with Crippen molar-refractivity contribution in [2.24, 2.45) is 0 Å². The van der Waals surface area contributed by atoms with E-state index in [9.17, 15) is 4.79 Å². The summed E-state index contributed by atoms with van der Waals surface area (Å²) in [6.45, 7) is 0. The van der Waals surface area contributed by atoms with Gasteiger partial charge in [-0.25, -0.2) is 0 Å². The first-order valence-electron chi connectivity index (χ1n) is 6.21. The monoisotopic (exact) mass is 249 g/mol. The van der Waals surface area contributed by atoms with E-state index in [-0.39, 0.29) is 18.4 Å². The van der Waals surface area contributed by atoms with E-state index in [1.54, 1.807) is 19.1 Å². The quantitative estimate of drug-likeness (QED) is 0.824. The molecule has 2 rings (SSSR count). The molecule has 0 bridgehead atoms. The molecule has 0 saturated carbocycles. The number of carbonyl (C=O) groups excluding carboxylic acids is 1. The lowest BCUT2D eigenvalue weighted by Crippen LogP contribution is -2.51. The molecule has 1 heterocycles. The van der Waals surface area contributed by atoms with Gasteiger partial charge in [0, 0.05) is 19.8 Å². The van der Waals surface area contributed by atoms with Gasteiger partial charge in [0.05, 0.1) is 0 Å². The zero-order chi connectivity index (χ0) is 13.0. The molecule has 2 atom stereocenters. The Hall–Kier alpha value is -1.39. The molecule has 0 radical (unpaired) electrons. The summed E-state index contributed by atoms with van der Waals surface area (Å²) in [5.41, 5.74) is 0.670. The van der Waals surface area contributed by atoms with E-state index < -0.39 is 0 Å². The topological polar surface area (TPSA) is 38.8 Å². The molecule has 2 unspecified atom stereocenters. The molecule has 1 saturated heterocycles. The van der Waals surface area contributed by atoms with Gasteiger partial charge in [-0.2, -0.15) is 0 Å². The predicted molar refractivity (Wildman–Crippen MR) is 68.1 cm³/mol. The average Bonchev–Trinajstić information content (AvgIpc) is 2.46. The van der Waals surface area contributed by atoms with Crippen LogP contribution >= 0.6 is 0 Å². The number of amides is 1. The average molecular weight is 249 g/mol. The lowest BCUT2D eigenvalue weighted by atomic mass is 10.1. The van der Waals surface area contributed by atoms with Crippen LogP contribution in [0.3, 0.4) is 0 Å². The van der Waals surface area contributed by atoms with Crippen molar-refractivity contribution in [1.29, 1.82) is 0 Å². The normalized spacial score (nSPS) is 24.0. The zero-order valence-corrected chi connectivity index (χ0v) is 10.8. The second-order valence-electron chi connectivity index (χ2n) is 4.39. The first-order valence-corrected chi connectivity index (χ1v) is 6.21. The molecule has 98 valence electrons. The van der Waals surface area contributed by atoms with Gasteiger partial charge in [0.25, 0.3) is 5.91 Å². The van der Waals surface area contributed by atoms with Crippen LogP contribution in [-0.2, 0) is 9.47 Å². The van der Waals surface area contributed by atoms with E-state index in [4.69, 9.17) is 9.47 Å². The van der Waals surface area contributed by atoms with Crippen molar-refractivity contribution < 1.29 is 14.3 Å². The fraction of sp³-hybridized carbons (Fsp3) is 0.500. The van der Waals surface area contributed by atoms with Gasteiger partial charge in [-0.15, -0.1) is 0 Å². The molecular formula is C14H19NO3. The largest absolute Gasteiger partial charge is 0.361 e. The lowest BCUT2D eigenvalue weighted by Gasteiger charge is -2.40. The summed E-state index contributed by atoms with van der Waals surface area (Å²) >= 11 is 0. The smallest absolute Gasteiger partial charge is 0.257 e. The van der Waals surface area contributed by atoms with E-state index in [2.05, 4.69) is 0 Å². The third-order valence-electron chi connectivity index (χ3n) is 3.32. The summed E-state index contributed by atoms with van der Waals surface area (Å²) in [5, 5.41) is 0. The number of methoxy groups -OCH3 is 2. The molecule has 1 aliphatic rings. The van der Waals surface area contributed by atoms with Crippen LogP contribution in [-0.4, -0.2) is 37.5 Å². The number of rotatable bonds is 3. The van der Waals surface area contributed by atoms with Crippen LogP contribution in [0, 0.1) is 0 Å². The predicted octanol–water partition coefficient (Wildman–Crippen LogP) is 2.26. The van der Waals surface area contributed by atoms with Gasteiger partial charge < -0.3 is 9.47 Å². The van der Waals surface area contributed by atoms with Crippen LogP contribution in [0.2, 0.25) is 0 Å². The van der Waals surface area contributed by atoms with Crippen molar-refractivity contribution in [3.63, 3.8) is 0 Å². The Bertz CT molecular complexity index is 381. The Morgan fingerprint density at radius 1 is 1.11 bits per heavy atom. The Labute approximate surface area is 107 Å². The molecule has 0 aliphatic carbocycles. The van der Waals surface area contributed by atoms with E-state index in [1.165, 1.54) is 0 Å². The zero-order valence-electron chi connectivity index (χ0n) is 10.8. The van der Waals surface area contributed by atoms with Crippen molar-refractivity contribution in [2.75, 3.05) is 14.2 Å². The second-order valence-corrected chi connectivity index (χ2v) is 4.39. The molecule has 1 aliphatic heterocycles. The number of nitrogens with zero attached hydrogens (tertiary/aromatic N) is 1. The van der Waals surface area contributed by atoms with Crippen molar-refractivity contribution in [3.8, 4) is 0 Å². The van der Waals surface area contributed by atoms with E-state index in [0.29, 0.717) is 5.56 Å². The van der Waals surface area contributed by atoms with Crippen LogP contribution in [0.5, 0.6) is 0 Å². The van der Waals surface area contributed by atoms with Gasteiger partial charge >= 0.3 is 0 Å². The maximum absolute atomic E-state index is 12.5. The van der Waals surface area contributed by atoms with E-state index >= 15 is 0 Å². The fourth-order valence-electron chi connectivity index (χ4n) is 2.38. The standard InChI is InChI=1S/C14H19NO3/c1-17-12-9-6-10-13(18-2)15(12)14(16)11-7-4-3-5-8-11/h3-5,7-8,12-13H,6,9-10H2,1-2H3. The summed E-state index contributed by atoms with van der Waals surface area (Å²) in [6, 6.07) is 9.25. The van der Waals surface area contributed by atoms with Gasteiger partial charge in [0.15, 0.2) is 0 Å². The molecule has 0 N–H and O–H groups in total. The minimum Gasteiger partial charge on any atom is -0.361 e. The third-order valence-corrected chi connectivity index (χ3v) is 3.32. The summed E-state index contributed by atoms with van der Waals surface area (Å²) in [5.74, 6) is -0.0333. The number of carbonyl (C=O) groups is 1. The number of ether oxygens (including phenoxy) is 2. The highest BCUT2D eigenvalue weighted by Gasteiger charge is 2.34. The minimum atomic E-state index is -0.198. The summed E-state index contributed by atoms with van der Waals surface area (Å²) < 4.78 is 10.8. The van der Waals surface area contributed by atoms with Crippen molar-refractivity contribution >= 4 is 5.91 Å². The van der Waals surface area contributed by atoms with Crippen molar-refractivity contribution in [2.45, 2.75) is 31.7 Å². The minimum absolute atomic E-state index is 0.0333. The second kappa shape index (κ2) is 5.98. The highest BCUT2D eigenvalue weighted by Crippen LogP contribution is 2.25. The molecule has 1 fully saturated rings. The molecule has 18 heavy (non-hydrogen) atoms. The molecular weight excluding hydrogens is 230 g/mol. The van der Waals surface area contributed by atoms with Gasteiger partial charge in [-0.1, -0.05) is 18.2 Å². The summed E-state index contributed by atoms with van der Waals surface area (Å²) in [7, 11) is 3.27. The highest BCUT2D eigenvalue weighted by atomic mass is 16.5. The molecule has 1 aromatic rings. The first kappa shape index (κ1) is 13.1. The van der Waals surface area contributed by atoms with Crippen LogP contribution in [0.4, 0.5) is 0 Å². The maximum Gasteiger partial charge on any atom is 0.257 e. The number of benzene rings is 1. The van der Waals surface area contributed by atoms with Gasteiger partial charge in [-0.05, 0) is 31.4 Å². The Morgan fingerprint density at radius 3 is 2.17 bits per heavy atom. The Balaban J connectivity index is 2.24. The number of hydrogen-bond donors (Lipinski definition) is 0. The maximum atomic E-state index is 12.5.